The number of amides is 1. The number of thiazole rings is 1. The van der Waals surface area contributed by atoms with Gasteiger partial charge in [-0.1, -0.05) is 44.2 Å². The zero-order chi connectivity index (χ0) is 23.8. The highest BCUT2D eigenvalue weighted by molar-refractivity contribution is 8.00. The van der Waals surface area contributed by atoms with Gasteiger partial charge in [-0.25, -0.2) is 9.97 Å². The maximum atomic E-state index is 12.4. The van der Waals surface area contributed by atoms with Gasteiger partial charge in [0.15, 0.2) is 5.13 Å². The number of rotatable bonds is 11. The Bertz CT molecular complexity index is 1090. The Balaban J connectivity index is 1.46. The molecule has 8 nitrogen and oxygen atoms in total. The number of aromatic nitrogens is 2. The molecule has 0 bridgehead atoms. The van der Waals surface area contributed by atoms with E-state index in [9.17, 15) is 9.59 Å². The third-order valence-corrected chi connectivity index (χ3v) is 6.52. The fraction of sp³-hybridized carbons (Fsp3) is 0.391. The number of carboxylic acid groups (broad SMARTS) is 1. The molecule has 3 aromatic rings. The van der Waals surface area contributed by atoms with Gasteiger partial charge in [-0.2, -0.15) is 0 Å². The molecule has 0 saturated carbocycles. The molecule has 1 amide bonds. The first kappa shape index (κ1) is 24.8. The molecule has 0 fully saturated rings. The van der Waals surface area contributed by atoms with Crippen LogP contribution in [0.2, 0.25) is 0 Å². The Kier molecular flexibility index (Phi) is 8.51. The van der Waals surface area contributed by atoms with Gasteiger partial charge in [0.1, 0.15) is 11.5 Å². The highest BCUT2D eigenvalue weighted by Crippen LogP contribution is 2.31. The zero-order valence-corrected chi connectivity index (χ0v) is 20.4. The maximum absolute atomic E-state index is 12.4. The second-order valence-corrected chi connectivity index (χ2v) is 10.7. The number of nitrogens with one attached hydrogen (secondary N) is 1. The summed E-state index contributed by atoms with van der Waals surface area (Å²) in [6.07, 6.45) is 4.17. The molecule has 0 aliphatic rings. The topological polar surface area (TPSA) is 115 Å². The smallest absolute Gasteiger partial charge is 0.303 e. The number of hydrogen-bond acceptors (Lipinski definition) is 8. The summed E-state index contributed by atoms with van der Waals surface area (Å²) >= 11 is 2.96. The van der Waals surface area contributed by atoms with E-state index in [0.29, 0.717) is 35.6 Å². The number of nitrogens with zero attached hydrogens (tertiary/aromatic N) is 2. The van der Waals surface area contributed by atoms with Gasteiger partial charge in [0.25, 0.3) is 0 Å². The number of oxazole rings is 1. The lowest BCUT2D eigenvalue weighted by atomic mass is 9.94. The minimum absolute atomic E-state index is 0.0617. The van der Waals surface area contributed by atoms with Crippen LogP contribution in [0.5, 0.6) is 5.75 Å². The first-order valence-electron chi connectivity index (χ1n) is 10.5. The third kappa shape index (κ3) is 8.21. The van der Waals surface area contributed by atoms with E-state index in [2.05, 4.69) is 36.1 Å². The van der Waals surface area contributed by atoms with Crippen molar-refractivity contribution in [1.82, 2.24) is 9.97 Å². The summed E-state index contributed by atoms with van der Waals surface area (Å²) in [5.74, 6) is 1.69. The van der Waals surface area contributed by atoms with Crippen LogP contribution in [-0.2, 0) is 27.2 Å². The van der Waals surface area contributed by atoms with Crippen molar-refractivity contribution in [2.45, 2.75) is 55.4 Å². The molecule has 2 aromatic heterocycles. The maximum Gasteiger partial charge on any atom is 0.303 e. The predicted molar refractivity (Wildman–Crippen MR) is 128 cm³/mol. The van der Waals surface area contributed by atoms with Crippen LogP contribution < -0.4 is 10.1 Å². The first-order chi connectivity index (χ1) is 15.7. The summed E-state index contributed by atoms with van der Waals surface area (Å²) in [6, 6.07) is 7.21. The summed E-state index contributed by atoms with van der Waals surface area (Å²) < 4.78 is 12.3. The first-order valence-corrected chi connectivity index (χ1v) is 12.3. The monoisotopic (exact) mass is 489 g/mol. The van der Waals surface area contributed by atoms with Crippen LogP contribution in [0.3, 0.4) is 0 Å². The lowest BCUT2D eigenvalue weighted by Gasteiger charge is -2.12. The molecule has 2 N–H and O–H groups in total. The Morgan fingerprint density at radius 1 is 1.24 bits per heavy atom. The van der Waals surface area contributed by atoms with E-state index in [1.54, 1.807) is 42.4 Å². The van der Waals surface area contributed by atoms with Crippen molar-refractivity contribution in [2.75, 3.05) is 11.9 Å². The molecular formula is C23H27N3O5S2. The molecule has 1 aromatic carbocycles. The van der Waals surface area contributed by atoms with Gasteiger partial charge in [0, 0.05) is 11.8 Å². The van der Waals surface area contributed by atoms with Gasteiger partial charge >= 0.3 is 5.97 Å². The van der Waals surface area contributed by atoms with E-state index in [1.165, 1.54) is 11.3 Å². The second-order valence-electron chi connectivity index (χ2n) is 8.36. The largest absolute Gasteiger partial charge is 0.494 e. The lowest BCUT2D eigenvalue weighted by molar-refractivity contribution is -0.137. The number of aliphatic carboxylic acids is 1. The highest BCUT2D eigenvalue weighted by Gasteiger charge is 2.19. The van der Waals surface area contributed by atoms with Gasteiger partial charge < -0.3 is 19.6 Å². The molecule has 3 rings (SSSR count). The van der Waals surface area contributed by atoms with E-state index in [0.717, 1.165) is 15.5 Å². The number of ether oxygens (including phenoxy) is 1. The average Bonchev–Trinajstić information content (AvgIpc) is 3.39. The fourth-order valence-electron chi connectivity index (χ4n) is 2.75. The lowest BCUT2D eigenvalue weighted by Crippen LogP contribution is -2.14. The van der Waals surface area contributed by atoms with Crippen molar-refractivity contribution in [3.8, 4) is 5.75 Å². The predicted octanol–water partition coefficient (Wildman–Crippen LogP) is 5.15. The molecule has 0 aliphatic carbocycles. The molecule has 0 spiro atoms. The number of anilines is 1. The Hall–Kier alpha value is -2.85. The van der Waals surface area contributed by atoms with E-state index in [1.807, 2.05) is 6.07 Å². The number of benzene rings is 1. The van der Waals surface area contributed by atoms with Crippen LogP contribution in [0.1, 0.15) is 50.8 Å². The van der Waals surface area contributed by atoms with Crippen LogP contribution >= 0.6 is 23.1 Å². The standard InChI is InChI=1S/C23H27N3O5S2/c1-23(2,3)17-12-24-19(31-17)14-32-21-13-25-22(33-21)26-18(27)11-15-6-4-7-16(10-15)30-9-5-8-20(28)29/h4,6-7,10,12-13H,5,8-9,11,14H2,1-3H3,(H,28,29)(H,25,26,27). The third-order valence-electron chi connectivity index (χ3n) is 4.43. The summed E-state index contributed by atoms with van der Waals surface area (Å²) in [6.45, 7) is 6.55. The zero-order valence-electron chi connectivity index (χ0n) is 18.8. The molecule has 0 unspecified atom stereocenters. The quantitative estimate of drug-likeness (QED) is 0.281. The van der Waals surface area contributed by atoms with Crippen LogP contribution in [0.15, 0.2) is 45.3 Å². The number of hydrogen-bond donors (Lipinski definition) is 2. The number of carbonyl (C=O) groups excluding carboxylic acids is 1. The average molecular weight is 490 g/mol. The van der Waals surface area contributed by atoms with Crippen molar-refractivity contribution < 1.29 is 23.8 Å². The minimum Gasteiger partial charge on any atom is -0.494 e. The summed E-state index contributed by atoms with van der Waals surface area (Å²) in [4.78, 5) is 31.6. The van der Waals surface area contributed by atoms with Gasteiger partial charge in [-0.05, 0) is 24.1 Å². The van der Waals surface area contributed by atoms with Gasteiger partial charge in [0.05, 0.1) is 35.4 Å². The van der Waals surface area contributed by atoms with E-state index in [4.69, 9.17) is 14.3 Å². The molecule has 0 atom stereocenters. The Labute approximate surface area is 200 Å². The van der Waals surface area contributed by atoms with Crippen molar-refractivity contribution in [3.05, 3.63) is 53.9 Å². The van der Waals surface area contributed by atoms with Crippen LogP contribution in [-0.4, -0.2) is 33.6 Å². The van der Waals surface area contributed by atoms with Crippen molar-refractivity contribution >= 4 is 40.1 Å². The second kappa shape index (κ2) is 11.3. The highest BCUT2D eigenvalue weighted by atomic mass is 32.2. The molecule has 2 heterocycles. The van der Waals surface area contributed by atoms with E-state index >= 15 is 0 Å². The van der Waals surface area contributed by atoms with E-state index in [-0.39, 0.29) is 24.2 Å². The SMILES string of the molecule is CC(C)(C)c1cnc(CSc2cnc(NC(=O)Cc3cccc(OCCCC(=O)O)c3)s2)o1. The summed E-state index contributed by atoms with van der Waals surface area (Å²) in [5.41, 5.74) is 0.719. The molecule has 0 saturated heterocycles. The fourth-order valence-corrected chi connectivity index (χ4v) is 4.49. The van der Waals surface area contributed by atoms with Gasteiger partial charge in [-0.3, -0.25) is 9.59 Å². The summed E-state index contributed by atoms with van der Waals surface area (Å²) in [7, 11) is 0. The van der Waals surface area contributed by atoms with Gasteiger partial charge in [-0.15, -0.1) is 11.8 Å². The number of carbonyl (C=O) groups is 2. The number of thioether (sulfide) groups is 1. The normalized spacial score (nSPS) is 11.4. The van der Waals surface area contributed by atoms with Crippen molar-refractivity contribution in [2.24, 2.45) is 0 Å². The van der Waals surface area contributed by atoms with Crippen molar-refractivity contribution in [3.63, 3.8) is 0 Å². The molecule has 0 radical (unpaired) electrons. The van der Waals surface area contributed by atoms with Crippen LogP contribution in [0.4, 0.5) is 5.13 Å². The van der Waals surface area contributed by atoms with Crippen LogP contribution in [0.25, 0.3) is 0 Å². The molecular weight excluding hydrogens is 462 g/mol. The molecule has 0 aliphatic heterocycles. The van der Waals surface area contributed by atoms with E-state index < -0.39 is 5.97 Å². The van der Waals surface area contributed by atoms with Crippen LogP contribution in [0, 0.1) is 0 Å². The van der Waals surface area contributed by atoms with Gasteiger partial charge in [0.2, 0.25) is 11.8 Å². The molecule has 176 valence electrons. The number of carboxylic acids is 1. The summed E-state index contributed by atoms with van der Waals surface area (Å²) in [5, 5.41) is 12.0. The molecule has 33 heavy (non-hydrogen) atoms. The van der Waals surface area contributed by atoms with Crippen molar-refractivity contribution in [1.29, 1.82) is 0 Å². The Morgan fingerprint density at radius 3 is 2.79 bits per heavy atom. The minimum atomic E-state index is -0.847. The molecule has 10 heteroatoms. The Morgan fingerprint density at radius 2 is 2.06 bits per heavy atom.